The Kier molecular flexibility index (Phi) is 5.36. The molecule has 1 aliphatic carbocycles. The molecule has 3 heterocycles. The van der Waals surface area contributed by atoms with Gasteiger partial charge < -0.3 is 10.6 Å². The molecule has 0 unspecified atom stereocenters. The molecule has 0 aromatic carbocycles. The highest BCUT2D eigenvalue weighted by Crippen LogP contribution is 2.35. The first-order chi connectivity index (χ1) is 12.8. The second-order valence-corrected chi connectivity index (χ2v) is 8.48. The van der Waals surface area contributed by atoms with E-state index in [4.69, 9.17) is 5.10 Å². The van der Waals surface area contributed by atoms with E-state index < -0.39 is 0 Å². The highest BCUT2D eigenvalue weighted by Gasteiger charge is 2.22. The number of hydrogen-bond acceptors (Lipinski definition) is 4. The van der Waals surface area contributed by atoms with Crippen molar-refractivity contribution in [2.24, 2.45) is 0 Å². The van der Waals surface area contributed by atoms with Gasteiger partial charge in [-0.05, 0) is 41.8 Å². The molecular weight excluding hydrogens is 364 g/mol. The zero-order valence-corrected chi connectivity index (χ0v) is 16.1. The van der Waals surface area contributed by atoms with Crippen molar-refractivity contribution in [3.63, 3.8) is 0 Å². The number of nitrogens with one attached hydrogen (secondary N) is 2. The summed E-state index contributed by atoms with van der Waals surface area (Å²) in [4.78, 5) is 14.4. The third kappa shape index (κ3) is 3.99. The maximum absolute atomic E-state index is 12.0. The molecule has 2 N–H and O–H groups in total. The first kappa shape index (κ1) is 17.3. The standard InChI is InChI=1S/C19H22N4OS2/c24-19(21-13-16-7-3-9-25-16)20-12-14-11-17(18-8-4-10-26-18)23(22-14)15-5-1-2-6-15/h3-4,7-11,15H,1-2,5-6,12-13H2,(H2,20,21,24). The minimum absolute atomic E-state index is 0.161. The van der Waals surface area contributed by atoms with E-state index >= 15 is 0 Å². The maximum atomic E-state index is 12.0. The third-order valence-electron chi connectivity index (χ3n) is 4.66. The van der Waals surface area contributed by atoms with Crippen molar-refractivity contribution < 1.29 is 4.79 Å². The Morgan fingerprint density at radius 3 is 2.62 bits per heavy atom. The lowest BCUT2D eigenvalue weighted by atomic mass is 10.2. The summed E-state index contributed by atoms with van der Waals surface area (Å²) in [5, 5.41) is 14.7. The number of carbonyl (C=O) groups is 1. The summed E-state index contributed by atoms with van der Waals surface area (Å²) in [5.41, 5.74) is 2.08. The second-order valence-electron chi connectivity index (χ2n) is 6.50. The average molecular weight is 387 g/mol. The number of thiophene rings is 2. The van der Waals surface area contributed by atoms with Crippen LogP contribution in [0.2, 0.25) is 0 Å². The van der Waals surface area contributed by atoms with Gasteiger partial charge in [0.15, 0.2) is 0 Å². The van der Waals surface area contributed by atoms with Crippen molar-refractivity contribution in [1.82, 2.24) is 20.4 Å². The summed E-state index contributed by atoms with van der Waals surface area (Å²) in [6.45, 7) is 0.995. The molecule has 0 saturated heterocycles. The fraction of sp³-hybridized carbons (Fsp3) is 0.368. The van der Waals surface area contributed by atoms with Crippen LogP contribution < -0.4 is 10.6 Å². The molecule has 0 bridgehead atoms. The molecule has 7 heteroatoms. The molecule has 4 rings (SSSR count). The van der Waals surface area contributed by atoms with Crippen molar-refractivity contribution in [3.05, 3.63) is 51.7 Å². The Balaban J connectivity index is 1.41. The molecule has 5 nitrogen and oxygen atoms in total. The highest BCUT2D eigenvalue weighted by molar-refractivity contribution is 7.13. The monoisotopic (exact) mass is 386 g/mol. The van der Waals surface area contributed by atoms with Crippen molar-refractivity contribution in [2.45, 2.75) is 44.8 Å². The predicted molar refractivity (Wildman–Crippen MR) is 106 cm³/mol. The Morgan fingerprint density at radius 1 is 1.12 bits per heavy atom. The predicted octanol–water partition coefficient (Wildman–Crippen LogP) is 4.79. The van der Waals surface area contributed by atoms with E-state index in [1.165, 1.54) is 36.3 Å². The molecule has 0 radical (unpaired) electrons. The van der Waals surface area contributed by atoms with Gasteiger partial charge in [0.25, 0.3) is 0 Å². The quantitative estimate of drug-likeness (QED) is 0.640. The van der Waals surface area contributed by atoms with Crippen molar-refractivity contribution in [2.75, 3.05) is 0 Å². The van der Waals surface area contributed by atoms with Crippen LogP contribution in [-0.4, -0.2) is 15.8 Å². The Morgan fingerprint density at radius 2 is 1.88 bits per heavy atom. The fourth-order valence-corrected chi connectivity index (χ4v) is 4.76. The van der Waals surface area contributed by atoms with Crippen LogP contribution in [0.5, 0.6) is 0 Å². The smallest absolute Gasteiger partial charge is 0.315 e. The lowest BCUT2D eigenvalue weighted by molar-refractivity contribution is 0.240. The first-order valence-electron chi connectivity index (χ1n) is 8.96. The van der Waals surface area contributed by atoms with Crippen LogP contribution in [0.4, 0.5) is 4.79 Å². The lowest BCUT2D eigenvalue weighted by Gasteiger charge is -2.13. The first-order valence-corrected chi connectivity index (χ1v) is 10.7. The SMILES string of the molecule is O=C(NCc1cc(-c2cccs2)n(C2CCCC2)n1)NCc1cccs1. The Hall–Kier alpha value is -2.12. The van der Waals surface area contributed by atoms with Crippen LogP contribution in [0.25, 0.3) is 10.6 Å². The van der Waals surface area contributed by atoms with Gasteiger partial charge in [-0.1, -0.05) is 25.0 Å². The molecule has 1 aliphatic rings. The second kappa shape index (κ2) is 8.05. The molecule has 0 atom stereocenters. The summed E-state index contributed by atoms with van der Waals surface area (Å²) >= 11 is 3.37. The zero-order valence-electron chi connectivity index (χ0n) is 14.5. The van der Waals surface area contributed by atoms with Crippen molar-refractivity contribution >= 4 is 28.7 Å². The summed E-state index contributed by atoms with van der Waals surface area (Å²) < 4.78 is 2.18. The molecule has 3 aromatic rings. The summed E-state index contributed by atoms with van der Waals surface area (Å²) in [6.07, 6.45) is 4.92. The number of rotatable bonds is 6. The topological polar surface area (TPSA) is 59.0 Å². The molecule has 0 aliphatic heterocycles. The summed E-state index contributed by atoms with van der Waals surface area (Å²) in [7, 11) is 0. The van der Waals surface area contributed by atoms with Gasteiger partial charge in [-0.2, -0.15) is 5.10 Å². The number of carbonyl (C=O) groups excluding carboxylic acids is 1. The minimum atomic E-state index is -0.161. The highest BCUT2D eigenvalue weighted by atomic mass is 32.1. The third-order valence-corrected chi connectivity index (χ3v) is 6.43. The van der Waals surface area contributed by atoms with Crippen molar-refractivity contribution in [1.29, 1.82) is 0 Å². The van der Waals surface area contributed by atoms with Crippen LogP contribution in [0.15, 0.2) is 41.1 Å². The van der Waals surface area contributed by atoms with E-state index in [9.17, 15) is 4.79 Å². The van der Waals surface area contributed by atoms with E-state index in [1.807, 2.05) is 17.5 Å². The van der Waals surface area contributed by atoms with Crippen molar-refractivity contribution in [3.8, 4) is 10.6 Å². The normalized spacial score (nSPS) is 14.6. The molecule has 1 saturated carbocycles. The lowest BCUT2D eigenvalue weighted by Crippen LogP contribution is -2.34. The van der Waals surface area contributed by atoms with Gasteiger partial charge in [0, 0.05) is 4.88 Å². The number of hydrogen-bond donors (Lipinski definition) is 2. The van der Waals surface area contributed by atoms with Gasteiger partial charge in [-0.25, -0.2) is 4.79 Å². The van der Waals surface area contributed by atoms with Gasteiger partial charge in [-0.15, -0.1) is 22.7 Å². The molecule has 136 valence electrons. The van der Waals surface area contributed by atoms with Crippen LogP contribution in [0.3, 0.4) is 0 Å². The van der Waals surface area contributed by atoms with E-state index in [0.29, 0.717) is 19.1 Å². The molecule has 3 aromatic heterocycles. The molecule has 1 fully saturated rings. The van der Waals surface area contributed by atoms with Gasteiger partial charge in [0.2, 0.25) is 0 Å². The van der Waals surface area contributed by atoms with Crippen LogP contribution in [0.1, 0.15) is 42.3 Å². The van der Waals surface area contributed by atoms with Crippen LogP contribution in [-0.2, 0) is 13.1 Å². The number of amides is 2. The van der Waals surface area contributed by atoms with Crippen LogP contribution >= 0.6 is 22.7 Å². The number of nitrogens with zero attached hydrogens (tertiary/aromatic N) is 2. The van der Waals surface area contributed by atoms with Gasteiger partial charge >= 0.3 is 6.03 Å². The van der Waals surface area contributed by atoms with E-state index in [0.717, 1.165) is 10.6 Å². The molecule has 26 heavy (non-hydrogen) atoms. The van der Waals surface area contributed by atoms with Gasteiger partial charge in [-0.3, -0.25) is 4.68 Å². The maximum Gasteiger partial charge on any atom is 0.315 e. The number of aromatic nitrogens is 2. The largest absolute Gasteiger partial charge is 0.333 e. The molecular formula is C19H22N4OS2. The minimum Gasteiger partial charge on any atom is -0.333 e. The van der Waals surface area contributed by atoms with Gasteiger partial charge in [0.1, 0.15) is 0 Å². The Bertz CT molecular complexity index is 833. The van der Waals surface area contributed by atoms with E-state index in [-0.39, 0.29) is 6.03 Å². The summed E-state index contributed by atoms with van der Waals surface area (Å²) in [5.74, 6) is 0. The average Bonchev–Trinajstić information content (AvgIpc) is 3.44. The molecule has 2 amide bonds. The van der Waals surface area contributed by atoms with E-state index in [1.54, 1.807) is 22.7 Å². The Labute approximate surface area is 161 Å². The van der Waals surface area contributed by atoms with E-state index in [2.05, 4.69) is 38.9 Å². The molecule has 0 spiro atoms. The zero-order chi connectivity index (χ0) is 17.8. The van der Waals surface area contributed by atoms with Crippen LogP contribution in [0, 0.1) is 0 Å². The summed E-state index contributed by atoms with van der Waals surface area (Å²) in [6, 6.07) is 10.6. The number of urea groups is 1. The van der Waals surface area contributed by atoms with Gasteiger partial charge in [0.05, 0.1) is 35.4 Å². The fourth-order valence-electron chi connectivity index (χ4n) is 3.38.